The summed E-state index contributed by atoms with van der Waals surface area (Å²) in [6.45, 7) is 2.25. The molecule has 12 heavy (non-hydrogen) atoms. The van der Waals surface area contributed by atoms with Gasteiger partial charge in [-0.1, -0.05) is 6.92 Å². The summed E-state index contributed by atoms with van der Waals surface area (Å²) >= 11 is 5.04. The van der Waals surface area contributed by atoms with Crippen LogP contribution in [0.15, 0.2) is 0 Å². The zero-order valence-corrected chi connectivity index (χ0v) is 7.95. The van der Waals surface area contributed by atoms with Crippen LogP contribution in [0.2, 0.25) is 0 Å². The molecule has 0 aromatic carbocycles. The highest BCUT2D eigenvalue weighted by atomic mass is 32.1. The van der Waals surface area contributed by atoms with E-state index >= 15 is 0 Å². The van der Waals surface area contributed by atoms with Crippen LogP contribution in [0.4, 0.5) is 0 Å². The van der Waals surface area contributed by atoms with Crippen LogP contribution in [0.25, 0.3) is 0 Å². The fourth-order valence-electron chi connectivity index (χ4n) is 1.78. The van der Waals surface area contributed by atoms with Crippen LogP contribution in [0.5, 0.6) is 0 Å². The van der Waals surface area contributed by atoms with Crippen LogP contribution in [0.3, 0.4) is 0 Å². The van der Waals surface area contributed by atoms with Gasteiger partial charge in [0, 0.05) is 5.69 Å². The Morgan fingerprint density at radius 2 is 2.42 bits per heavy atom. The van der Waals surface area contributed by atoms with Crippen molar-refractivity contribution in [3.05, 3.63) is 16.2 Å². The summed E-state index contributed by atoms with van der Waals surface area (Å²) < 4.78 is 2.26. The van der Waals surface area contributed by atoms with E-state index in [-0.39, 0.29) is 0 Å². The van der Waals surface area contributed by atoms with Crippen LogP contribution in [-0.2, 0) is 12.8 Å². The SMILES string of the molecule is CC1CCc2[nH]c(=S)n(N)c2C1. The molecule has 1 aromatic rings. The minimum atomic E-state index is 0.647. The number of nitrogen functional groups attached to an aromatic ring is 1. The van der Waals surface area contributed by atoms with Crippen molar-refractivity contribution in [1.82, 2.24) is 9.66 Å². The first-order valence-electron chi connectivity index (χ1n) is 4.26. The second-order valence-electron chi connectivity index (χ2n) is 3.57. The first-order valence-corrected chi connectivity index (χ1v) is 4.67. The molecule has 3 N–H and O–H groups in total. The molecule has 0 radical (unpaired) electrons. The number of H-pyrrole nitrogens is 1. The van der Waals surface area contributed by atoms with Crippen LogP contribution in [-0.4, -0.2) is 9.66 Å². The fourth-order valence-corrected chi connectivity index (χ4v) is 2.01. The average Bonchev–Trinajstić information content (AvgIpc) is 2.31. The Balaban J connectivity index is 2.51. The molecule has 1 aliphatic carbocycles. The predicted octanol–water partition coefficient (Wildman–Crippen LogP) is 1.38. The van der Waals surface area contributed by atoms with Gasteiger partial charge in [0.1, 0.15) is 0 Å². The number of aromatic amines is 1. The normalized spacial score (nSPS) is 22.2. The summed E-state index contributed by atoms with van der Waals surface area (Å²) in [5.74, 6) is 6.50. The van der Waals surface area contributed by atoms with Crippen molar-refractivity contribution in [2.24, 2.45) is 5.92 Å². The molecular formula is C8H13N3S. The molecule has 1 aromatic heterocycles. The number of imidazole rings is 1. The first-order chi connectivity index (χ1) is 5.68. The number of aryl methyl sites for hydroxylation is 1. The third-order valence-corrected chi connectivity index (χ3v) is 2.84. The van der Waals surface area contributed by atoms with E-state index in [1.54, 1.807) is 4.68 Å². The molecule has 0 fully saturated rings. The second kappa shape index (κ2) is 2.62. The number of hydrogen-bond acceptors (Lipinski definition) is 2. The highest BCUT2D eigenvalue weighted by molar-refractivity contribution is 7.71. The van der Waals surface area contributed by atoms with Crippen molar-refractivity contribution in [3.8, 4) is 0 Å². The summed E-state index contributed by atoms with van der Waals surface area (Å²) in [4.78, 5) is 3.14. The molecule has 0 amide bonds. The standard InChI is InChI=1S/C8H13N3S/c1-5-2-3-6-7(4-5)11(9)8(12)10-6/h5H,2-4,9H2,1H3,(H,10,12). The lowest BCUT2D eigenvalue weighted by Gasteiger charge is -2.17. The number of fused-ring (bicyclic) bond motifs is 1. The molecule has 0 spiro atoms. The van der Waals surface area contributed by atoms with Gasteiger partial charge in [-0.15, -0.1) is 0 Å². The summed E-state index contributed by atoms with van der Waals surface area (Å²) in [6.07, 6.45) is 3.38. The van der Waals surface area contributed by atoms with Gasteiger partial charge in [-0.05, 0) is 37.4 Å². The minimum Gasteiger partial charge on any atom is -0.337 e. The van der Waals surface area contributed by atoms with E-state index in [1.807, 2.05) is 0 Å². The summed E-state index contributed by atoms with van der Waals surface area (Å²) in [7, 11) is 0. The zero-order chi connectivity index (χ0) is 8.72. The van der Waals surface area contributed by atoms with Gasteiger partial charge < -0.3 is 10.8 Å². The molecule has 1 atom stereocenters. The highest BCUT2D eigenvalue weighted by Gasteiger charge is 2.19. The average molecular weight is 183 g/mol. The summed E-state index contributed by atoms with van der Waals surface area (Å²) in [6, 6.07) is 0. The maximum absolute atomic E-state index is 5.77. The van der Waals surface area contributed by atoms with E-state index in [1.165, 1.54) is 17.8 Å². The molecule has 4 heteroatoms. The van der Waals surface area contributed by atoms with Crippen LogP contribution < -0.4 is 5.84 Å². The quantitative estimate of drug-likeness (QED) is 0.471. The molecule has 1 heterocycles. The van der Waals surface area contributed by atoms with Gasteiger partial charge in [-0.3, -0.25) is 0 Å². The Labute approximate surface area is 76.6 Å². The third kappa shape index (κ3) is 1.06. The summed E-state index contributed by atoms with van der Waals surface area (Å²) in [5, 5.41) is 0. The highest BCUT2D eigenvalue weighted by Crippen LogP contribution is 2.23. The number of hydrogen-bond donors (Lipinski definition) is 2. The first kappa shape index (κ1) is 7.86. The maximum Gasteiger partial charge on any atom is 0.196 e. The predicted molar refractivity (Wildman–Crippen MR) is 51.0 cm³/mol. The van der Waals surface area contributed by atoms with Crippen molar-refractivity contribution in [2.45, 2.75) is 26.2 Å². The molecule has 3 nitrogen and oxygen atoms in total. The van der Waals surface area contributed by atoms with Crippen molar-refractivity contribution in [3.63, 3.8) is 0 Å². The molecular weight excluding hydrogens is 170 g/mol. The monoisotopic (exact) mass is 183 g/mol. The van der Waals surface area contributed by atoms with Crippen molar-refractivity contribution in [1.29, 1.82) is 0 Å². The molecule has 0 bridgehead atoms. The van der Waals surface area contributed by atoms with Crippen molar-refractivity contribution >= 4 is 12.2 Å². The van der Waals surface area contributed by atoms with Crippen LogP contribution >= 0.6 is 12.2 Å². The molecule has 1 aliphatic rings. The number of aromatic nitrogens is 2. The van der Waals surface area contributed by atoms with E-state index in [9.17, 15) is 0 Å². The number of nitrogens with zero attached hydrogens (tertiary/aromatic N) is 1. The van der Waals surface area contributed by atoms with Gasteiger partial charge in [0.05, 0.1) is 5.69 Å². The van der Waals surface area contributed by atoms with Gasteiger partial charge in [-0.25, -0.2) is 4.68 Å². The topological polar surface area (TPSA) is 46.7 Å². The minimum absolute atomic E-state index is 0.647. The van der Waals surface area contributed by atoms with Gasteiger partial charge in [0.25, 0.3) is 0 Å². The van der Waals surface area contributed by atoms with Crippen molar-refractivity contribution in [2.75, 3.05) is 5.84 Å². The molecule has 2 rings (SSSR count). The Morgan fingerprint density at radius 3 is 3.17 bits per heavy atom. The van der Waals surface area contributed by atoms with E-state index in [0.717, 1.165) is 18.8 Å². The number of nitrogens with two attached hydrogens (primary N) is 1. The van der Waals surface area contributed by atoms with Gasteiger partial charge in [0.2, 0.25) is 0 Å². The summed E-state index contributed by atoms with van der Waals surface area (Å²) in [5.41, 5.74) is 2.43. The Morgan fingerprint density at radius 1 is 1.67 bits per heavy atom. The largest absolute Gasteiger partial charge is 0.337 e. The Kier molecular flexibility index (Phi) is 1.72. The fraction of sp³-hybridized carbons (Fsp3) is 0.625. The lowest BCUT2D eigenvalue weighted by molar-refractivity contribution is 0.485. The second-order valence-corrected chi connectivity index (χ2v) is 3.96. The third-order valence-electron chi connectivity index (χ3n) is 2.54. The van der Waals surface area contributed by atoms with E-state index < -0.39 is 0 Å². The number of nitrogens with one attached hydrogen (secondary N) is 1. The molecule has 0 aliphatic heterocycles. The van der Waals surface area contributed by atoms with E-state index in [4.69, 9.17) is 18.1 Å². The van der Waals surface area contributed by atoms with E-state index in [0.29, 0.717) is 4.77 Å². The van der Waals surface area contributed by atoms with E-state index in [2.05, 4.69) is 11.9 Å². The molecule has 0 saturated carbocycles. The van der Waals surface area contributed by atoms with Gasteiger partial charge in [-0.2, -0.15) is 0 Å². The molecule has 66 valence electrons. The molecule has 1 unspecified atom stereocenters. The van der Waals surface area contributed by atoms with Gasteiger partial charge in [0.15, 0.2) is 4.77 Å². The lowest BCUT2D eigenvalue weighted by atomic mass is 9.91. The lowest BCUT2D eigenvalue weighted by Crippen LogP contribution is -2.19. The number of rotatable bonds is 0. The van der Waals surface area contributed by atoms with Crippen molar-refractivity contribution < 1.29 is 0 Å². The van der Waals surface area contributed by atoms with Crippen LogP contribution in [0.1, 0.15) is 24.7 Å². The zero-order valence-electron chi connectivity index (χ0n) is 7.13. The van der Waals surface area contributed by atoms with Gasteiger partial charge >= 0.3 is 0 Å². The van der Waals surface area contributed by atoms with Crippen LogP contribution in [0, 0.1) is 10.7 Å². The smallest absolute Gasteiger partial charge is 0.196 e. The Hall–Kier alpha value is -0.770. The maximum atomic E-state index is 5.77. The Bertz CT molecular complexity index is 350. The molecule has 0 saturated heterocycles.